The topological polar surface area (TPSA) is 58.2 Å². The summed E-state index contributed by atoms with van der Waals surface area (Å²) in [6.45, 7) is 4.08. The highest BCUT2D eigenvalue weighted by atomic mass is 16.2. The molecule has 0 aliphatic heterocycles. The second-order valence-corrected chi connectivity index (χ2v) is 6.18. The third kappa shape index (κ3) is 3.09. The van der Waals surface area contributed by atoms with Crippen LogP contribution >= 0.6 is 0 Å². The molecule has 0 aromatic heterocycles. The number of carbonyl (C=O) groups is 2. The minimum atomic E-state index is -0.159. The largest absolute Gasteiger partial charge is 0.353 e. The number of nitrogens with one attached hydrogen (secondary N) is 2. The molecule has 2 aliphatic rings. The molecule has 2 saturated carbocycles. The highest BCUT2D eigenvalue weighted by molar-refractivity contribution is 6.00. The van der Waals surface area contributed by atoms with Gasteiger partial charge < -0.3 is 10.6 Å². The molecule has 0 saturated heterocycles. The van der Waals surface area contributed by atoms with E-state index in [1.807, 2.05) is 25.1 Å². The Kier molecular flexibility index (Phi) is 3.70. The van der Waals surface area contributed by atoms with Gasteiger partial charge in [0, 0.05) is 11.7 Å². The van der Waals surface area contributed by atoms with Crippen LogP contribution in [-0.4, -0.2) is 17.9 Å². The van der Waals surface area contributed by atoms with E-state index in [4.69, 9.17) is 0 Å². The first-order valence-electron chi connectivity index (χ1n) is 7.80. The third-order valence-electron chi connectivity index (χ3n) is 4.38. The van der Waals surface area contributed by atoms with Crippen LogP contribution in [0.15, 0.2) is 18.2 Å². The van der Waals surface area contributed by atoms with Gasteiger partial charge in [-0.25, -0.2) is 0 Å². The quantitative estimate of drug-likeness (QED) is 0.873. The van der Waals surface area contributed by atoms with Gasteiger partial charge in [0.25, 0.3) is 0 Å². The standard InChI is InChI=1S/C17H22N2O2/c1-3-11-6-4-5-10(2)15(11)19-17(21)14-9-13(14)16(20)18-12-7-8-12/h4-6,12-14H,3,7-9H2,1-2H3,(H,18,20)(H,19,21). The van der Waals surface area contributed by atoms with Crippen molar-refractivity contribution in [2.75, 3.05) is 5.32 Å². The van der Waals surface area contributed by atoms with Crippen LogP contribution in [0.3, 0.4) is 0 Å². The van der Waals surface area contributed by atoms with Crippen molar-refractivity contribution in [2.24, 2.45) is 11.8 Å². The molecule has 1 aromatic carbocycles. The second kappa shape index (κ2) is 5.51. The number of aryl methyl sites for hydroxylation is 2. The molecule has 0 bridgehead atoms. The van der Waals surface area contributed by atoms with Crippen molar-refractivity contribution in [2.45, 2.75) is 45.6 Å². The van der Waals surface area contributed by atoms with E-state index in [9.17, 15) is 9.59 Å². The first-order chi connectivity index (χ1) is 10.1. The molecule has 2 aliphatic carbocycles. The zero-order valence-corrected chi connectivity index (χ0v) is 12.6. The Morgan fingerprint density at radius 1 is 1.19 bits per heavy atom. The van der Waals surface area contributed by atoms with Gasteiger partial charge >= 0.3 is 0 Å². The first-order valence-corrected chi connectivity index (χ1v) is 7.80. The summed E-state index contributed by atoms with van der Waals surface area (Å²) in [4.78, 5) is 24.2. The minimum Gasteiger partial charge on any atom is -0.353 e. The van der Waals surface area contributed by atoms with Crippen LogP contribution < -0.4 is 10.6 Å². The lowest BCUT2D eigenvalue weighted by molar-refractivity contribution is -0.125. The molecule has 0 spiro atoms. The van der Waals surface area contributed by atoms with E-state index >= 15 is 0 Å². The SMILES string of the molecule is CCc1cccc(C)c1NC(=O)C1CC1C(=O)NC1CC1. The number of anilines is 1. The number of carbonyl (C=O) groups excluding carboxylic acids is 2. The van der Waals surface area contributed by atoms with Crippen molar-refractivity contribution in [3.05, 3.63) is 29.3 Å². The van der Waals surface area contributed by atoms with E-state index in [0.29, 0.717) is 12.5 Å². The molecule has 0 radical (unpaired) electrons. The third-order valence-corrected chi connectivity index (χ3v) is 4.38. The maximum atomic E-state index is 12.3. The maximum absolute atomic E-state index is 12.3. The lowest BCUT2D eigenvalue weighted by Crippen LogP contribution is -2.29. The molecule has 2 unspecified atom stereocenters. The fourth-order valence-corrected chi connectivity index (χ4v) is 2.73. The summed E-state index contributed by atoms with van der Waals surface area (Å²) in [6, 6.07) is 6.41. The second-order valence-electron chi connectivity index (χ2n) is 6.18. The van der Waals surface area contributed by atoms with Gasteiger partial charge in [-0.05, 0) is 43.7 Å². The fraction of sp³-hybridized carbons (Fsp3) is 0.529. The highest BCUT2D eigenvalue weighted by Gasteiger charge is 2.49. The molecule has 2 fully saturated rings. The summed E-state index contributed by atoms with van der Waals surface area (Å²) < 4.78 is 0. The molecule has 21 heavy (non-hydrogen) atoms. The Hall–Kier alpha value is -1.84. The van der Waals surface area contributed by atoms with Crippen molar-refractivity contribution in [3.8, 4) is 0 Å². The smallest absolute Gasteiger partial charge is 0.228 e. The summed E-state index contributed by atoms with van der Waals surface area (Å²) in [7, 11) is 0. The van der Waals surface area contributed by atoms with E-state index in [2.05, 4.69) is 17.6 Å². The van der Waals surface area contributed by atoms with Crippen LogP contribution in [0.25, 0.3) is 0 Å². The molecule has 2 atom stereocenters. The van der Waals surface area contributed by atoms with Gasteiger partial charge in [-0.1, -0.05) is 25.1 Å². The number of rotatable bonds is 5. The first kappa shape index (κ1) is 14.1. The van der Waals surface area contributed by atoms with Gasteiger partial charge in [0.1, 0.15) is 0 Å². The van der Waals surface area contributed by atoms with Crippen molar-refractivity contribution >= 4 is 17.5 Å². The summed E-state index contributed by atoms with van der Waals surface area (Å²) in [5, 5.41) is 6.01. The summed E-state index contributed by atoms with van der Waals surface area (Å²) in [5.74, 6) is -0.249. The average molecular weight is 286 g/mol. The van der Waals surface area contributed by atoms with Gasteiger partial charge in [-0.2, -0.15) is 0 Å². The monoisotopic (exact) mass is 286 g/mol. The molecule has 4 heteroatoms. The van der Waals surface area contributed by atoms with E-state index in [1.54, 1.807) is 0 Å². The van der Waals surface area contributed by atoms with Crippen LogP contribution in [0.4, 0.5) is 5.69 Å². The van der Waals surface area contributed by atoms with E-state index in [1.165, 1.54) is 0 Å². The zero-order chi connectivity index (χ0) is 15.0. The number of para-hydroxylation sites is 1. The molecule has 0 heterocycles. The van der Waals surface area contributed by atoms with Crippen molar-refractivity contribution < 1.29 is 9.59 Å². The zero-order valence-electron chi connectivity index (χ0n) is 12.6. The van der Waals surface area contributed by atoms with Gasteiger partial charge in [0.2, 0.25) is 11.8 Å². The number of hydrogen-bond acceptors (Lipinski definition) is 2. The Morgan fingerprint density at radius 3 is 2.57 bits per heavy atom. The van der Waals surface area contributed by atoms with Crippen molar-refractivity contribution in [1.82, 2.24) is 5.32 Å². The summed E-state index contributed by atoms with van der Waals surface area (Å²) in [6.07, 6.45) is 3.72. The van der Waals surface area contributed by atoms with Gasteiger partial charge in [-0.3, -0.25) is 9.59 Å². The van der Waals surface area contributed by atoms with Gasteiger partial charge in [-0.15, -0.1) is 0 Å². The number of amides is 2. The number of benzene rings is 1. The van der Waals surface area contributed by atoms with E-state index in [-0.39, 0.29) is 23.7 Å². The molecule has 2 amide bonds. The normalized spacial score (nSPS) is 23.5. The highest BCUT2D eigenvalue weighted by Crippen LogP contribution is 2.40. The number of hydrogen-bond donors (Lipinski definition) is 2. The summed E-state index contributed by atoms with van der Waals surface area (Å²) in [5.41, 5.74) is 3.13. The fourth-order valence-electron chi connectivity index (χ4n) is 2.73. The Labute approximate surface area is 125 Å². The van der Waals surface area contributed by atoms with Crippen LogP contribution in [0.2, 0.25) is 0 Å². The Morgan fingerprint density at radius 2 is 1.90 bits per heavy atom. The maximum Gasteiger partial charge on any atom is 0.228 e. The van der Waals surface area contributed by atoms with Gasteiger partial charge in [0.05, 0.1) is 11.8 Å². The molecule has 1 aromatic rings. The lowest BCUT2D eigenvalue weighted by atomic mass is 10.1. The molecule has 3 rings (SSSR count). The van der Waals surface area contributed by atoms with Crippen LogP contribution in [-0.2, 0) is 16.0 Å². The molecular weight excluding hydrogens is 264 g/mol. The predicted molar refractivity (Wildman–Crippen MR) is 81.9 cm³/mol. The van der Waals surface area contributed by atoms with E-state index < -0.39 is 0 Å². The van der Waals surface area contributed by atoms with Crippen LogP contribution in [0, 0.1) is 18.8 Å². The lowest BCUT2D eigenvalue weighted by Gasteiger charge is -2.13. The van der Waals surface area contributed by atoms with Gasteiger partial charge in [0.15, 0.2) is 0 Å². The van der Waals surface area contributed by atoms with Crippen molar-refractivity contribution in [3.63, 3.8) is 0 Å². The molecule has 2 N–H and O–H groups in total. The molecular formula is C17H22N2O2. The summed E-state index contributed by atoms with van der Waals surface area (Å²) >= 11 is 0. The van der Waals surface area contributed by atoms with Crippen LogP contribution in [0.5, 0.6) is 0 Å². The molecule has 112 valence electrons. The Bertz CT molecular complexity index is 578. The van der Waals surface area contributed by atoms with Crippen molar-refractivity contribution in [1.29, 1.82) is 0 Å². The predicted octanol–water partition coefficient (Wildman–Crippen LogP) is 2.41. The molecule has 4 nitrogen and oxygen atoms in total. The van der Waals surface area contributed by atoms with Crippen LogP contribution in [0.1, 0.15) is 37.3 Å². The average Bonchev–Trinajstić information content (AvgIpc) is 3.34. The minimum absolute atomic E-state index is 0.0186. The Balaban J connectivity index is 1.61. The van der Waals surface area contributed by atoms with E-state index in [0.717, 1.165) is 36.1 Å².